The predicted octanol–water partition coefficient (Wildman–Crippen LogP) is 2.44. The van der Waals surface area contributed by atoms with E-state index < -0.39 is 5.97 Å². The molecule has 21 heavy (non-hydrogen) atoms. The summed E-state index contributed by atoms with van der Waals surface area (Å²) in [5.41, 5.74) is 1.77. The largest absolute Gasteiger partial charge is 0.481 e. The van der Waals surface area contributed by atoms with Crippen LogP contribution in [0.1, 0.15) is 12.0 Å². The molecule has 1 heterocycles. The molecule has 0 unspecified atom stereocenters. The van der Waals surface area contributed by atoms with E-state index in [0.29, 0.717) is 0 Å². The first-order valence-electron chi connectivity index (χ1n) is 7.01. The number of carbonyl (C=O) groups is 2. The maximum absolute atomic E-state index is 12.7. The van der Waals surface area contributed by atoms with E-state index in [4.69, 9.17) is 5.11 Å². The molecule has 1 aromatic carbocycles. The molecular formula is C15H20N2O3S. The second-order valence-corrected chi connectivity index (χ2v) is 6.19. The highest BCUT2D eigenvalue weighted by atomic mass is 32.2. The van der Waals surface area contributed by atoms with Crippen molar-refractivity contribution in [3.05, 3.63) is 29.8 Å². The number of hydrogen-bond donors (Lipinski definition) is 1. The predicted molar refractivity (Wildman–Crippen MR) is 85.1 cm³/mol. The van der Waals surface area contributed by atoms with Gasteiger partial charge in [0, 0.05) is 36.8 Å². The molecule has 0 aromatic heterocycles. The molecule has 1 aliphatic heterocycles. The Bertz CT molecular complexity index is 515. The number of nitrogens with zero attached hydrogens (tertiary/aromatic N) is 2. The van der Waals surface area contributed by atoms with Gasteiger partial charge in [0.15, 0.2) is 0 Å². The molecule has 1 aromatic rings. The van der Waals surface area contributed by atoms with Crippen LogP contribution in [0.15, 0.2) is 24.3 Å². The standard InChI is InChI=1S/C15H20N2O3S/c1-12-4-2-3-5-13(12)17(7-6-14(18)19)15(20)16-8-10-21-11-9-16/h2-5H,6-11H2,1H3,(H,18,19). The Balaban J connectivity index is 2.20. The Morgan fingerprint density at radius 1 is 1.29 bits per heavy atom. The van der Waals surface area contributed by atoms with Crippen LogP contribution in [-0.4, -0.2) is 53.1 Å². The molecule has 1 fully saturated rings. The van der Waals surface area contributed by atoms with Crippen LogP contribution in [0.4, 0.5) is 10.5 Å². The normalized spacial score (nSPS) is 14.8. The van der Waals surface area contributed by atoms with E-state index in [0.717, 1.165) is 35.8 Å². The number of para-hydroxylation sites is 1. The number of hydrogen-bond acceptors (Lipinski definition) is 3. The Kier molecular flexibility index (Phi) is 5.50. The summed E-state index contributed by atoms with van der Waals surface area (Å²) in [6.45, 7) is 3.57. The first-order chi connectivity index (χ1) is 10.1. The Morgan fingerprint density at radius 3 is 2.57 bits per heavy atom. The van der Waals surface area contributed by atoms with Crippen LogP contribution in [0.3, 0.4) is 0 Å². The highest BCUT2D eigenvalue weighted by Crippen LogP contribution is 2.22. The van der Waals surface area contributed by atoms with E-state index in [1.165, 1.54) is 0 Å². The van der Waals surface area contributed by atoms with Gasteiger partial charge in [-0.1, -0.05) is 18.2 Å². The Labute approximate surface area is 128 Å². The van der Waals surface area contributed by atoms with E-state index in [1.807, 2.05) is 47.9 Å². The fraction of sp³-hybridized carbons (Fsp3) is 0.467. The molecule has 5 nitrogen and oxygen atoms in total. The molecule has 2 amide bonds. The van der Waals surface area contributed by atoms with Gasteiger partial charge in [-0.2, -0.15) is 11.8 Å². The van der Waals surface area contributed by atoms with Gasteiger partial charge in [-0.3, -0.25) is 9.69 Å². The lowest BCUT2D eigenvalue weighted by Crippen LogP contribution is -2.47. The van der Waals surface area contributed by atoms with Gasteiger partial charge in [0.1, 0.15) is 0 Å². The van der Waals surface area contributed by atoms with Gasteiger partial charge in [0.2, 0.25) is 0 Å². The smallest absolute Gasteiger partial charge is 0.324 e. The van der Waals surface area contributed by atoms with E-state index in [9.17, 15) is 9.59 Å². The quantitative estimate of drug-likeness (QED) is 0.928. The molecule has 0 aliphatic carbocycles. The van der Waals surface area contributed by atoms with E-state index in [1.54, 1.807) is 4.90 Å². The third-order valence-electron chi connectivity index (χ3n) is 3.47. The minimum Gasteiger partial charge on any atom is -0.481 e. The Morgan fingerprint density at radius 2 is 1.95 bits per heavy atom. The molecule has 0 radical (unpaired) electrons. The zero-order valence-electron chi connectivity index (χ0n) is 12.1. The summed E-state index contributed by atoms with van der Waals surface area (Å²) >= 11 is 1.84. The van der Waals surface area contributed by atoms with Gasteiger partial charge in [0.25, 0.3) is 0 Å². The molecule has 1 saturated heterocycles. The SMILES string of the molecule is Cc1ccccc1N(CCC(=O)O)C(=O)N1CCSCC1. The summed E-state index contributed by atoms with van der Waals surface area (Å²) in [5, 5.41) is 8.92. The van der Waals surface area contributed by atoms with Gasteiger partial charge in [-0.05, 0) is 18.6 Å². The van der Waals surface area contributed by atoms with Crippen molar-refractivity contribution in [3.63, 3.8) is 0 Å². The molecule has 114 valence electrons. The Hall–Kier alpha value is -1.69. The molecule has 0 bridgehead atoms. The molecule has 1 N–H and O–H groups in total. The van der Waals surface area contributed by atoms with Crippen LogP contribution in [0.2, 0.25) is 0 Å². The molecular weight excluding hydrogens is 288 g/mol. The number of carboxylic acid groups (broad SMARTS) is 1. The first-order valence-corrected chi connectivity index (χ1v) is 8.16. The number of anilines is 1. The van der Waals surface area contributed by atoms with Crippen molar-refractivity contribution >= 4 is 29.4 Å². The number of thioether (sulfide) groups is 1. The van der Waals surface area contributed by atoms with Crippen molar-refractivity contribution in [3.8, 4) is 0 Å². The zero-order valence-corrected chi connectivity index (χ0v) is 12.9. The van der Waals surface area contributed by atoms with Crippen molar-refractivity contribution in [2.75, 3.05) is 36.0 Å². The number of carbonyl (C=O) groups excluding carboxylic acids is 1. The number of aliphatic carboxylic acids is 1. The number of benzene rings is 1. The third kappa shape index (κ3) is 4.14. The van der Waals surface area contributed by atoms with Gasteiger partial charge in [0.05, 0.1) is 6.42 Å². The average molecular weight is 308 g/mol. The molecule has 2 rings (SSSR count). The van der Waals surface area contributed by atoms with Gasteiger partial charge in [-0.25, -0.2) is 4.79 Å². The second-order valence-electron chi connectivity index (χ2n) is 4.96. The van der Waals surface area contributed by atoms with Gasteiger partial charge in [-0.15, -0.1) is 0 Å². The minimum absolute atomic E-state index is 0.0529. The van der Waals surface area contributed by atoms with Gasteiger partial charge < -0.3 is 10.0 Å². The van der Waals surface area contributed by atoms with E-state index in [-0.39, 0.29) is 19.0 Å². The van der Waals surface area contributed by atoms with Crippen molar-refractivity contribution in [1.29, 1.82) is 0 Å². The van der Waals surface area contributed by atoms with Crippen LogP contribution in [-0.2, 0) is 4.79 Å². The minimum atomic E-state index is -0.893. The van der Waals surface area contributed by atoms with E-state index in [2.05, 4.69) is 0 Å². The maximum Gasteiger partial charge on any atom is 0.324 e. The van der Waals surface area contributed by atoms with Crippen molar-refractivity contribution < 1.29 is 14.7 Å². The number of aryl methyl sites for hydroxylation is 1. The number of amides is 2. The summed E-state index contributed by atoms with van der Waals surface area (Å²) in [6, 6.07) is 7.49. The van der Waals surface area contributed by atoms with Crippen LogP contribution in [0, 0.1) is 6.92 Å². The topological polar surface area (TPSA) is 60.9 Å². The highest BCUT2D eigenvalue weighted by Gasteiger charge is 2.25. The lowest BCUT2D eigenvalue weighted by Gasteiger charge is -2.33. The summed E-state index contributed by atoms with van der Waals surface area (Å²) in [5.74, 6) is 0.981. The summed E-state index contributed by atoms with van der Waals surface area (Å²) in [7, 11) is 0. The monoisotopic (exact) mass is 308 g/mol. The third-order valence-corrected chi connectivity index (χ3v) is 4.41. The molecule has 0 spiro atoms. The first kappa shape index (κ1) is 15.7. The molecule has 1 aliphatic rings. The lowest BCUT2D eigenvalue weighted by molar-refractivity contribution is -0.136. The van der Waals surface area contributed by atoms with Crippen LogP contribution < -0.4 is 4.90 Å². The van der Waals surface area contributed by atoms with Crippen LogP contribution in [0.25, 0.3) is 0 Å². The van der Waals surface area contributed by atoms with Crippen molar-refractivity contribution in [2.45, 2.75) is 13.3 Å². The highest BCUT2D eigenvalue weighted by molar-refractivity contribution is 7.99. The molecule has 0 atom stereocenters. The van der Waals surface area contributed by atoms with Crippen LogP contribution >= 0.6 is 11.8 Å². The fourth-order valence-corrected chi connectivity index (χ4v) is 3.22. The number of rotatable bonds is 4. The van der Waals surface area contributed by atoms with Crippen LogP contribution in [0.5, 0.6) is 0 Å². The number of urea groups is 1. The molecule has 0 saturated carbocycles. The molecule has 6 heteroatoms. The fourth-order valence-electron chi connectivity index (χ4n) is 2.32. The zero-order chi connectivity index (χ0) is 15.2. The summed E-state index contributed by atoms with van der Waals surface area (Å²) in [6.07, 6.45) is -0.0529. The van der Waals surface area contributed by atoms with Crippen molar-refractivity contribution in [1.82, 2.24) is 4.90 Å². The second kappa shape index (κ2) is 7.36. The average Bonchev–Trinajstić information content (AvgIpc) is 2.49. The van der Waals surface area contributed by atoms with Gasteiger partial charge >= 0.3 is 12.0 Å². The number of carboxylic acids is 1. The summed E-state index contributed by atoms with van der Waals surface area (Å²) in [4.78, 5) is 27.0. The lowest BCUT2D eigenvalue weighted by atomic mass is 10.2. The van der Waals surface area contributed by atoms with Crippen molar-refractivity contribution in [2.24, 2.45) is 0 Å². The summed E-state index contributed by atoms with van der Waals surface area (Å²) < 4.78 is 0. The van der Waals surface area contributed by atoms with E-state index >= 15 is 0 Å². The maximum atomic E-state index is 12.7.